The maximum Gasteiger partial charge on any atom is 0.136 e. The van der Waals surface area contributed by atoms with Gasteiger partial charge in [0.05, 0.1) is 12.7 Å². The van der Waals surface area contributed by atoms with E-state index in [4.69, 9.17) is 15.1 Å². The van der Waals surface area contributed by atoms with Crippen molar-refractivity contribution in [1.29, 1.82) is 5.26 Å². The van der Waals surface area contributed by atoms with E-state index in [2.05, 4.69) is 23.5 Å². The summed E-state index contributed by atoms with van der Waals surface area (Å²) in [6, 6.07) is 16.0. The van der Waals surface area contributed by atoms with E-state index in [1.807, 2.05) is 30.3 Å². The lowest BCUT2D eigenvalue weighted by atomic mass is 10.1. The van der Waals surface area contributed by atoms with E-state index in [1.165, 1.54) is 4.90 Å². The summed E-state index contributed by atoms with van der Waals surface area (Å²) < 4.78 is 5.15. The fourth-order valence-electron chi connectivity index (χ4n) is 2.08. The van der Waals surface area contributed by atoms with Crippen LogP contribution in [0.2, 0.25) is 0 Å². The third kappa shape index (κ3) is 5.20. The van der Waals surface area contributed by atoms with Crippen molar-refractivity contribution in [2.75, 3.05) is 24.8 Å². The van der Waals surface area contributed by atoms with Crippen LogP contribution in [-0.2, 0) is 6.54 Å². The van der Waals surface area contributed by atoms with Gasteiger partial charge in [-0.2, -0.15) is 5.26 Å². The SMILES string of the molecule is COc1ccc(CNc2ccc(SCCCO)cc2)cc1C#N. The van der Waals surface area contributed by atoms with Gasteiger partial charge >= 0.3 is 0 Å². The molecule has 2 rings (SSSR count). The minimum Gasteiger partial charge on any atom is -0.495 e. The molecular weight excluding hydrogens is 308 g/mol. The molecule has 23 heavy (non-hydrogen) atoms. The molecule has 0 spiro atoms. The molecule has 0 fully saturated rings. The second-order valence-electron chi connectivity index (χ2n) is 4.95. The molecule has 0 heterocycles. The summed E-state index contributed by atoms with van der Waals surface area (Å²) in [5.41, 5.74) is 2.61. The topological polar surface area (TPSA) is 65.3 Å². The number of hydrogen-bond donors (Lipinski definition) is 2. The molecule has 0 saturated heterocycles. The molecule has 120 valence electrons. The Morgan fingerprint density at radius 1 is 1.22 bits per heavy atom. The molecule has 0 radical (unpaired) electrons. The Morgan fingerprint density at radius 3 is 2.65 bits per heavy atom. The number of ether oxygens (including phenoxy) is 1. The predicted octanol–water partition coefficient (Wildman–Crippen LogP) is 3.65. The lowest BCUT2D eigenvalue weighted by Crippen LogP contribution is -2.00. The van der Waals surface area contributed by atoms with Gasteiger partial charge in [0.1, 0.15) is 11.8 Å². The Bertz CT molecular complexity index is 666. The zero-order valence-electron chi connectivity index (χ0n) is 13.1. The minimum absolute atomic E-state index is 0.235. The van der Waals surface area contributed by atoms with E-state index in [1.54, 1.807) is 18.9 Å². The Morgan fingerprint density at radius 2 is 2.00 bits per heavy atom. The number of methoxy groups -OCH3 is 1. The van der Waals surface area contributed by atoms with E-state index >= 15 is 0 Å². The lowest BCUT2D eigenvalue weighted by Gasteiger charge is -2.09. The van der Waals surface area contributed by atoms with E-state index in [-0.39, 0.29) is 6.61 Å². The van der Waals surface area contributed by atoms with Crippen LogP contribution in [-0.4, -0.2) is 24.6 Å². The third-order valence-electron chi connectivity index (χ3n) is 3.31. The van der Waals surface area contributed by atoms with Crippen LogP contribution in [0.25, 0.3) is 0 Å². The molecule has 0 atom stereocenters. The highest BCUT2D eigenvalue weighted by Gasteiger charge is 2.03. The summed E-state index contributed by atoms with van der Waals surface area (Å²) in [6.45, 7) is 0.884. The van der Waals surface area contributed by atoms with Crippen molar-refractivity contribution in [1.82, 2.24) is 0 Å². The van der Waals surface area contributed by atoms with Crippen molar-refractivity contribution in [3.05, 3.63) is 53.6 Å². The molecule has 0 aliphatic heterocycles. The number of anilines is 1. The van der Waals surface area contributed by atoms with Crippen LogP contribution in [0.15, 0.2) is 47.4 Å². The number of nitrogens with zero attached hydrogens (tertiary/aromatic N) is 1. The van der Waals surface area contributed by atoms with E-state index in [0.717, 1.165) is 23.4 Å². The van der Waals surface area contributed by atoms with Crippen molar-refractivity contribution in [3.63, 3.8) is 0 Å². The van der Waals surface area contributed by atoms with Gasteiger partial charge in [0.25, 0.3) is 0 Å². The summed E-state index contributed by atoms with van der Waals surface area (Å²) in [4.78, 5) is 1.19. The van der Waals surface area contributed by atoms with E-state index < -0.39 is 0 Å². The second kappa shape index (κ2) is 9.09. The number of rotatable bonds is 8. The molecule has 0 aromatic heterocycles. The van der Waals surface area contributed by atoms with Crippen LogP contribution in [0.5, 0.6) is 5.75 Å². The first-order valence-electron chi connectivity index (χ1n) is 7.41. The maximum atomic E-state index is 9.11. The minimum atomic E-state index is 0.235. The molecule has 2 aromatic rings. The fraction of sp³-hybridized carbons (Fsp3) is 0.278. The average Bonchev–Trinajstić information content (AvgIpc) is 2.61. The van der Waals surface area contributed by atoms with Crippen LogP contribution in [0.4, 0.5) is 5.69 Å². The van der Waals surface area contributed by atoms with Crippen LogP contribution < -0.4 is 10.1 Å². The van der Waals surface area contributed by atoms with Crippen LogP contribution in [0, 0.1) is 11.3 Å². The molecule has 5 heteroatoms. The molecule has 2 aromatic carbocycles. The molecule has 0 bridgehead atoms. The van der Waals surface area contributed by atoms with Gasteiger partial charge in [0, 0.05) is 29.5 Å². The smallest absolute Gasteiger partial charge is 0.136 e. The highest BCUT2D eigenvalue weighted by atomic mass is 32.2. The summed E-state index contributed by atoms with van der Waals surface area (Å²) in [5, 5.41) is 21.2. The summed E-state index contributed by atoms with van der Waals surface area (Å²) in [7, 11) is 1.56. The van der Waals surface area contributed by atoms with E-state index in [0.29, 0.717) is 17.9 Å². The summed E-state index contributed by atoms with van der Waals surface area (Å²) in [5.74, 6) is 1.52. The normalized spacial score (nSPS) is 10.1. The van der Waals surface area contributed by atoms with Gasteiger partial charge in [0.15, 0.2) is 0 Å². The third-order valence-corrected chi connectivity index (χ3v) is 4.40. The van der Waals surface area contributed by atoms with Gasteiger partial charge in [-0.3, -0.25) is 0 Å². The monoisotopic (exact) mass is 328 g/mol. The van der Waals surface area contributed by atoms with Crippen LogP contribution in [0.1, 0.15) is 17.5 Å². The van der Waals surface area contributed by atoms with E-state index in [9.17, 15) is 0 Å². The number of thioether (sulfide) groups is 1. The van der Waals surface area contributed by atoms with Crippen molar-refractivity contribution >= 4 is 17.4 Å². The van der Waals surface area contributed by atoms with Crippen molar-refractivity contribution in [3.8, 4) is 11.8 Å². The number of aliphatic hydroxyl groups excluding tert-OH is 1. The first kappa shape index (κ1) is 17.2. The standard InChI is InChI=1S/C18H20N2O2S/c1-22-18-8-3-14(11-15(18)12-19)13-20-16-4-6-17(7-5-16)23-10-2-9-21/h3-8,11,20-21H,2,9-10,13H2,1H3. The number of aliphatic hydroxyl groups is 1. The van der Waals surface area contributed by atoms with Gasteiger partial charge in [-0.15, -0.1) is 11.8 Å². The molecule has 0 unspecified atom stereocenters. The number of benzene rings is 2. The van der Waals surface area contributed by atoms with Gasteiger partial charge in [-0.05, 0) is 48.4 Å². The largest absolute Gasteiger partial charge is 0.495 e. The van der Waals surface area contributed by atoms with Crippen molar-refractivity contribution in [2.45, 2.75) is 17.9 Å². The molecule has 0 aliphatic rings. The highest BCUT2D eigenvalue weighted by Crippen LogP contribution is 2.22. The molecule has 0 aliphatic carbocycles. The van der Waals surface area contributed by atoms with Gasteiger partial charge in [-0.1, -0.05) is 6.07 Å². The Balaban J connectivity index is 1.92. The summed E-state index contributed by atoms with van der Waals surface area (Å²) in [6.07, 6.45) is 0.809. The first-order valence-corrected chi connectivity index (χ1v) is 8.40. The summed E-state index contributed by atoms with van der Waals surface area (Å²) >= 11 is 1.74. The van der Waals surface area contributed by atoms with Crippen LogP contribution in [0.3, 0.4) is 0 Å². The Kier molecular flexibility index (Phi) is 6.79. The average molecular weight is 328 g/mol. The number of nitriles is 1. The first-order chi connectivity index (χ1) is 11.3. The predicted molar refractivity (Wildman–Crippen MR) is 93.9 cm³/mol. The Hall–Kier alpha value is -2.16. The fourth-order valence-corrected chi connectivity index (χ4v) is 2.92. The Labute approximate surface area is 141 Å². The van der Waals surface area contributed by atoms with Gasteiger partial charge in [-0.25, -0.2) is 0 Å². The quantitative estimate of drug-likeness (QED) is 0.572. The lowest BCUT2D eigenvalue weighted by molar-refractivity contribution is 0.296. The molecule has 0 amide bonds. The zero-order chi connectivity index (χ0) is 16.5. The molecular formula is C18H20N2O2S. The van der Waals surface area contributed by atoms with Crippen molar-refractivity contribution < 1.29 is 9.84 Å². The maximum absolute atomic E-state index is 9.11. The zero-order valence-corrected chi connectivity index (χ0v) is 13.9. The molecule has 0 saturated carbocycles. The highest BCUT2D eigenvalue weighted by molar-refractivity contribution is 7.99. The van der Waals surface area contributed by atoms with Gasteiger partial charge < -0.3 is 15.2 Å². The second-order valence-corrected chi connectivity index (χ2v) is 6.12. The molecule has 2 N–H and O–H groups in total. The number of nitrogens with one attached hydrogen (secondary N) is 1. The van der Waals surface area contributed by atoms with Crippen molar-refractivity contribution in [2.24, 2.45) is 0 Å². The van der Waals surface area contributed by atoms with Crippen LogP contribution >= 0.6 is 11.8 Å². The number of hydrogen-bond acceptors (Lipinski definition) is 5. The van der Waals surface area contributed by atoms with Gasteiger partial charge in [0.2, 0.25) is 0 Å². The molecule has 4 nitrogen and oxygen atoms in total.